The molecule has 1 atom stereocenters. The number of hydrogen-bond donors (Lipinski definition) is 2. The lowest BCUT2D eigenvalue weighted by Crippen LogP contribution is -2.31. The summed E-state index contributed by atoms with van der Waals surface area (Å²) in [7, 11) is 0. The molecule has 1 aromatic carbocycles. The molecule has 0 saturated carbocycles. The maximum absolute atomic E-state index is 9.57. The molecule has 0 bridgehead atoms. The van der Waals surface area contributed by atoms with Gasteiger partial charge < -0.3 is 10.4 Å². The number of hydrogen-bond acceptors (Lipinski definition) is 3. The molecule has 16 heavy (non-hydrogen) atoms. The van der Waals surface area contributed by atoms with E-state index < -0.39 is 0 Å². The first kappa shape index (κ1) is 13.6. The summed E-state index contributed by atoms with van der Waals surface area (Å²) in [6.07, 6.45) is -0.235. The second-order valence-corrected chi connectivity index (χ2v) is 5.35. The summed E-state index contributed by atoms with van der Waals surface area (Å²) in [4.78, 5) is 1.30. The van der Waals surface area contributed by atoms with Crippen molar-refractivity contribution in [3.63, 3.8) is 0 Å². The van der Waals surface area contributed by atoms with E-state index in [1.807, 2.05) is 31.7 Å². The highest BCUT2D eigenvalue weighted by Gasteiger charge is 2.07. The molecular formula is C13H21NOS. The minimum Gasteiger partial charge on any atom is -0.392 e. The molecule has 0 aliphatic rings. The second kappa shape index (κ2) is 7.71. The van der Waals surface area contributed by atoms with Crippen LogP contribution in [-0.4, -0.2) is 30.1 Å². The molecule has 0 aliphatic heterocycles. The molecule has 0 amide bonds. The van der Waals surface area contributed by atoms with Crippen LogP contribution in [0.2, 0.25) is 0 Å². The molecule has 0 fully saturated rings. The average molecular weight is 239 g/mol. The van der Waals surface area contributed by atoms with Crippen molar-refractivity contribution in [1.29, 1.82) is 0 Å². The number of nitrogens with one attached hydrogen (secondary N) is 1. The van der Waals surface area contributed by atoms with Crippen LogP contribution < -0.4 is 5.32 Å². The van der Waals surface area contributed by atoms with Gasteiger partial charge in [-0.1, -0.05) is 32.0 Å². The third-order valence-electron chi connectivity index (χ3n) is 2.41. The van der Waals surface area contributed by atoms with Crippen LogP contribution in [0.4, 0.5) is 0 Å². The van der Waals surface area contributed by atoms with Crippen LogP contribution in [0.25, 0.3) is 0 Å². The van der Waals surface area contributed by atoms with E-state index in [0.717, 1.165) is 12.3 Å². The molecule has 0 aromatic heterocycles. The van der Waals surface area contributed by atoms with E-state index in [1.165, 1.54) is 4.90 Å². The van der Waals surface area contributed by atoms with Gasteiger partial charge in [0.05, 0.1) is 6.10 Å². The summed E-state index contributed by atoms with van der Waals surface area (Å²) in [6.45, 7) is 5.69. The van der Waals surface area contributed by atoms with E-state index in [9.17, 15) is 5.11 Å². The maximum atomic E-state index is 9.57. The van der Waals surface area contributed by atoms with Crippen LogP contribution in [0.5, 0.6) is 0 Å². The fourth-order valence-corrected chi connectivity index (χ4v) is 2.08. The normalized spacial score (nSPS) is 13.0. The van der Waals surface area contributed by atoms with Crippen molar-refractivity contribution in [2.45, 2.75) is 24.8 Å². The van der Waals surface area contributed by atoms with Gasteiger partial charge in [0.2, 0.25) is 0 Å². The third-order valence-corrected chi connectivity index (χ3v) is 3.43. The van der Waals surface area contributed by atoms with Crippen molar-refractivity contribution in [3.05, 3.63) is 30.3 Å². The van der Waals surface area contributed by atoms with Crippen molar-refractivity contribution >= 4 is 11.8 Å². The van der Waals surface area contributed by atoms with Crippen molar-refractivity contribution in [3.8, 4) is 0 Å². The Hall–Kier alpha value is -0.510. The van der Waals surface area contributed by atoms with Gasteiger partial charge in [0, 0.05) is 23.7 Å². The highest BCUT2D eigenvalue weighted by molar-refractivity contribution is 7.99. The molecule has 0 heterocycles. The molecule has 2 nitrogen and oxygen atoms in total. The van der Waals surface area contributed by atoms with E-state index in [-0.39, 0.29) is 6.10 Å². The van der Waals surface area contributed by atoms with Gasteiger partial charge >= 0.3 is 0 Å². The highest BCUT2D eigenvalue weighted by atomic mass is 32.2. The molecule has 0 saturated heterocycles. The summed E-state index contributed by atoms with van der Waals surface area (Å²) in [5, 5.41) is 12.8. The van der Waals surface area contributed by atoms with Crippen molar-refractivity contribution in [2.75, 3.05) is 18.8 Å². The molecule has 1 unspecified atom stereocenters. The first-order valence-corrected chi connectivity index (χ1v) is 6.75. The molecule has 1 aromatic rings. The zero-order chi connectivity index (χ0) is 11.8. The number of thioether (sulfide) groups is 1. The van der Waals surface area contributed by atoms with Crippen LogP contribution in [0.1, 0.15) is 13.8 Å². The average Bonchev–Trinajstić information content (AvgIpc) is 2.29. The van der Waals surface area contributed by atoms with Crippen molar-refractivity contribution in [1.82, 2.24) is 5.32 Å². The Balaban J connectivity index is 2.04. The molecule has 1 rings (SSSR count). The summed E-state index contributed by atoms with van der Waals surface area (Å²) < 4.78 is 0. The summed E-state index contributed by atoms with van der Waals surface area (Å²) in [6, 6.07) is 10.4. The fourth-order valence-electron chi connectivity index (χ4n) is 1.24. The van der Waals surface area contributed by atoms with Crippen LogP contribution in [0.3, 0.4) is 0 Å². The first-order valence-electron chi connectivity index (χ1n) is 5.77. The minimum absolute atomic E-state index is 0.235. The van der Waals surface area contributed by atoms with E-state index in [2.05, 4.69) is 29.6 Å². The molecule has 0 aliphatic carbocycles. The van der Waals surface area contributed by atoms with Crippen LogP contribution in [0, 0.1) is 5.92 Å². The molecule has 0 radical (unpaired) electrons. The Labute approximate surface area is 102 Å². The Kier molecular flexibility index (Phi) is 6.53. The quantitative estimate of drug-likeness (QED) is 0.566. The predicted molar refractivity (Wildman–Crippen MR) is 70.9 cm³/mol. The first-order chi connectivity index (χ1) is 7.70. The molecule has 2 N–H and O–H groups in total. The second-order valence-electron chi connectivity index (χ2n) is 4.18. The van der Waals surface area contributed by atoms with Gasteiger partial charge in [0.15, 0.2) is 0 Å². The maximum Gasteiger partial charge on any atom is 0.0687 e. The zero-order valence-corrected chi connectivity index (χ0v) is 10.8. The van der Waals surface area contributed by atoms with Crippen molar-refractivity contribution < 1.29 is 5.11 Å². The monoisotopic (exact) mass is 239 g/mol. The SMILES string of the molecule is CC(C)C(O)CNCCSc1ccccc1. The Morgan fingerprint density at radius 1 is 1.25 bits per heavy atom. The van der Waals surface area contributed by atoms with Gasteiger partial charge in [0.25, 0.3) is 0 Å². The summed E-state index contributed by atoms with van der Waals surface area (Å²) in [5.74, 6) is 1.36. The lowest BCUT2D eigenvalue weighted by Gasteiger charge is -2.14. The van der Waals surface area contributed by atoms with E-state index in [0.29, 0.717) is 12.5 Å². The predicted octanol–water partition coefficient (Wildman–Crippen LogP) is 2.39. The van der Waals surface area contributed by atoms with Crippen LogP contribution >= 0.6 is 11.8 Å². The molecule has 0 spiro atoms. The van der Waals surface area contributed by atoms with Gasteiger partial charge in [-0.15, -0.1) is 11.8 Å². The van der Waals surface area contributed by atoms with E-state index in [1.54, 1.807) is 0 Å². The van der Waals surface area contributed by atoms with Crippen molar-refractivity contribution in [2.24, 2.45) is 5.92 Å². The van der Waals surface area contributed by atoms with Gasteiger partial charge in [-0.05, 0) is 18.1 Å². The van der Waals surface area contributed by atoms with E-state index >= 15 is 0 Å². The fraction of sp³-hybridized carbons (Fsp3) is 0.538. The molecular weight excluding hydrogens is 218 g/mol. The highest BCUT2D eigenvalue weighted by Crippen LogP contribution is 2.15. The summed E-state index contributed by atoms with van der Waals surface area (Å²) in [5.41, 5.74) is 0. The third kappa shape index (κ3) is 5.54. The number of aliphatic hydroxyl groups excluding tert-OH is 1. The molecule has 90 valence electrons. The van der Waals surface area contributed by atoms with Crippen LogP contribution in [-0.2, 0) is 0 Å². The Bertz CT molecular complexity index is 277. The van der Waals surface area contributed by atoms with Gasteiger partial charge in [-0.2, -0.15) is 0 Å². The van der Waals surface area contributed by atoms with Gasteiger partial charge in [0.1, 0.15) is 0 Å². The number of benzene rings is 1. The zero-order valence-electron chi connectivity index (χ0n) is 10.0. The van der Waals surface area contributed by atoms with Gasteiger partial charge in [-0.3, -0.25) is 0 Å². The Morgan fingerprint density at radius 2 is 1.94 bits per heavy atom. The van der Waals surface area contributed by atoms with Gasteiger partial charge in [-0.25, -0.2) is 0 Å². The lowest BCUT2D eigenvalue weighted by atomic mass is 10.1. The van der Waals surface area contributed by atoms with Crippen LogP contribution in [0.15, 0.2) is 35.2 Å². The van der Waals surface area contributed by atoms with E-state index in [4.69, 9.17) is 0 Å². The smallest absolute Gasteiger partial charge is 0.0687 e. The number of aliphatic hydroxyl groups is 1. The topological polar surface area (TPSA) is 32.3 Å². The lowest BCUT2D eigenvalue weighted by molar-refractivity contribution is 0.124. The summed E-state index contributed by atoms with van der Waals surface area (Å²) >= 11 is 1.84. The standard InChI is InChI=1S/C13H21NOS/c1-11(2)13(15)10-14-8-9-16-12-6-4-3-5-7-12/h3-7,11,13-15H,8-10H2,1-2H3. The minimum atomic E-state index is -0.235. The largest absolute Gasteiger partial charge is 0.392 e. The number of rotatable bonds is 7. The Morgan fingerprint density at radius 3 is 2.56 bits per heavy atom. The molecule has 3 heteroatoms.